The summed E-state index contributed by atoms with van der Waals surface area (Å²) in [4.78, 5) is 26.5. The molecule has 4 rings (SSSR count). The highest BCUT2D eigenvalue weighted by atomic mass is 32.2. The third-order valence-electron chi connectivity index (χ3n) is 4.77. The molecule has 1 N–H and O–H groups in total. The molecule has 1 saturated carbocycles. The summed E-state index contributed by atoms with van der Waals surface area (Å²) in [7, 11) is 0. The number of carbonyl (C=O) groups is 2. The number of likely N-dealkylation sites (tertiary alicyclic amines) is 1. The minimum atomic E-state index is -0.208. The molecule has 2 aliphatic heterocycles. The molecule has 1 atom stereocenters. The molecule has 0 aromatic heterocycles. The molecule has 1 aromatic carbocycles. The van der Waals surface area contributed by atoms with Crippen LogP contribution in [0.2, 0.25) is 0 Å². The van der Waals surface area contributed by atoms with E-state index in [1.165, 1.54) is 23.5 Å². The number of nitrogens with one attached hydrogen (secondary N) is 1. The Balaban J connectivity index is 1.39. The van der Waals surface area contributed by atoms with E-state index >= 15 is 0 Å². The zero-order valence-electron chi connectivity index (χ0n) is 13.6. The largest absolute Gasteiger partial charge is 0.339 e. The van der Waals surface area contributed by atoms with Gasteiger partial charge in [-0.2, -0.15) is 0 Å². The quantitative estimate of drug-likeness (QED) is 0.891. The first-order valence-electron chi connectivity index (χ1n) is 8.64. The normalized spacial score (nSPS) is 25.1. The Kier molecular flexibility index (Phi) is 4.77. The van der Waals surface area contributed by atoms with Crippen molar-refractivity contribution in [3.63, 3.8) is 0 Å². The summed E-state index contributed by atoms with van der Waals surface area (Å²) in [5.41, 5.74) is 2.12. The Bertz CT molecular complexity index is 642. The molecular formula is C18H22N2O2S2. The number of hydrogen-bond acceptors (Lipinski definition) is 4. The van der Waals surface area contributed by atoms with Crippen LogP contribution in [0.5, 0.6) is 0 Å². The van der Waals surface area contributed by atoms with Crippen molar-refractivity contribution in [2.75, 3.05) is 23.4 Å². The lowest BCUT2D eigenvalue weighted by molar-refractivity contribution is -0.128. The van der Waals surface area contributed by atoms with E-state index in [9.17, 15) is 9.59 Å². The monoisotopic (exact) mass is 362 g/mol. The predicted octanol–water partition coefficient (Wildman–Crippen LogP) is 3.50. The molecule has 3 fully saturated rings. The van der Waals surface area contributed by atoms with Crippen LogP contribution in [0.1, 0.15) is 35.8 Å². The van der Waals surface area contributed by atoms with Gasteiger partial charge in [0.05, 0.1) is 10.5 Å². The number of nitrogens with zero attached hydrogens (tertiary/aromatic N) is 1. The van der Waals surface area contributed by atoms with E-state index in [0.29, 0.717) is 23.6 Å². The fourth-order valence-corrected chi connectivity index (χ4v) is 6.21. The van der Waals surface area contributed by atoms with Crippen LogP contribution in [0.3, 0.4) is 0 Å². The van der Waals surface area contributed by atoms with Crippen LogP contribution < -0.4 is 5.32 Å². The smallest absolute Gasteiger partial charge is 0.229 e. The second-order valence-corrected chi connectivity index (χ2v) is 9.44. The Morgan fingerprint density at radius 2 is 2.00 bits per heavy atom. The van der Waals surface area contributed by atoms with Crippen molar-refractivity contribution in [2.45, 2.75) is 36.3 Å². The van der Waals surface area contributed by atoms with Crippen LogP contribution in [-0.2, 0) is 9.59 Å². The van der Waals surface area contributed by atoms with Crippen molar-refractivity contribution >= 4 is 41.0 Å². The van der Waals surface area contributed by atoms with Gasteiger partial charge in [0.1, 0.15) is 0 Å². The van der Waals surface area contributed by atoms with Crippen LogP contribution in [0.4, 0.5) is 5.69 Å². The minimum Gasteiger partial charge on any atom is -0.339 e. The Morgan fingerprint density at radius 3 is 2.75 bits per heavy atom. The average Bonchev–Trinajstić information content (AvgIpc) is 3.38. The van der Waals surface area contributed by atoms with Crippen molar-refractivity contribution < 1.29 is 9.59 Å². The second-order valence-electron chi connectivity index (χ2n) is 6.72. The van der Waals surface area contributed by atoms with Gasteiger partial charge >= 0.3 is 0 Å². The Morgan fingerprint density at radius 1 is 1.21 bits per heavy atom. The van der Waals surface area contributed by atoms with Crippen molar-refractivity contribution in [1.82, 2.24) is 4.90 Å². The first-order chi connectivity index (χ1) is 11.7. The molecule has 0 unspecified atom stereocenters. The molecule has 2 heterocycles. The van der Waals surface area contributed by atoms with E-state index in [-0.39, 0.29) is 17.7 Å². The van der Waals surface area contributed by atoms with Crippen LogP contribution in [-0.4, -0.2) is 40.8 Å². The lowest BCUT2D eigenvalue weighted by Crippen LogP contribution is -2.29. The van der Waals surface area contributed by atoms with Gasteiger partial charge in [-0.1, -0.05) is 12.1 Å². The molecule has 2 saturated heterocycles. The first-order valence-corrected chi connectivity index (χ1v) is 10.7. The zero-order chi connectivity index (χ0) is 16.5. The first kappa shape index (κ1) is 16.3. The van der Waals surface area contributed by atoms with Gasteiger partial charge in [-0.15, -0.1) is 23.5 Å². The molecule has 4 nitrogen and oxygen atoms in total. The Hall–Kier alpha value is -1.14. The summed E-state index contributed by atoms with van der Waals surface area (Å²) >= 11 is 3.96. The van der Waals surface area contributed by atoms with E-state index in [0.717, 1.165) is 18.5 Å². The van der Waals surface area contributed by atoms with E-state index in [4.69, 9.17) is 0 Å². The summed E-state index contributed by atoms with van der Waals surface area (Å²) in [6.07, 6.45) is 3.82. The summed E-state index contributed by atoms with van der Waals surface area (Å²) < 4.78 is 0.467. The summed E-state index contributed by atoms with van der Waals surface area (Å²) in [5, 5.41) is 3.03. The molecule has 1 aliphatic carbocycles. The minimum absolute atomic E-state index is 0.0207. The van der Waals surface area contributed by atoms with Crippen molar-refractivity contribution in [2.24, 2.45) is 5.92 Å². The van der Waals surface area contributed by atoms with Crippen molar-refractivity contribution in [3.05, 3.63) is 29.8 Å². The molecule has 2 amide bonds. The molecule has 0 spiro atoms. The summed E-state index contributed by atoms with van der Waals surface area (Å²) in [6, 6.07) is 8.58. The van der Waals surface area contributed by atoms with Gasteiger partial charge in [0, 0.05) is 24.7 Å². The van der Waals surface area contributed by atoms with Gasteiger partial charge in [-0.25, -0.2) is 0 Å². The van der Waals surface area contributed by atoms with Crippen LogP contribution in [0.25, 0.3) is 0 Å². The third kappa shape index (κ3) is 3.59. The third-order valence-corrected chi connectivity index (χ3v) is 7.79. The maximum atomic E-state index is 12.5. The van der Waals surface area contributed by atoms with E-state index in [2.05, 4.69) is 17.4 Å². The lowest BCUT2D eigenvalue weighted by Gasteiger charge is -2.22. The summed E-state index contributed by atoms with van der Waals surface area (Å²) in [6.45, 7) is 0.587. The second kappa shape index (κ2) is 7.00. The standard InChI is InChI=1S/C18H22N2O2S2/c21-16-10-13(11-20(16)15-5-6-15)17(22)19-14-4-1-3-12(9-14)18-23-7-2-8-24-18/h1,3-4,9,13,15,18H,2,5-8,10-11H2,(H,19,22)/t13-/m0/s1. The van der Waals surface area contributed by atoms with Gasteiger partial charge in [-0.05, 0) is 48.5 Å². The highest BCUT2D eigenvalue weighted by Crippen LogP contribution is 2.44. The van der Waals surface area contributed by atoms with Gasteiger partial charge in [-0.3, -0.25) is 9.59 Å². The fraction of sp³-hybridized carbons (Fsp3) is 0.556. The number of anilines is 1. The molecule has 0 radical (unpaired) electrons. The molecule has 3 aliphatic rings. The maximum absolute atomic E-state index is 12.5. The topological polar surface area (TPSA) is 49.4 Å². The van der Waals surface area contributed by atoms with E-state index in [1.807, 2.05) is 40.6 Å². The SMILES string of the molecule is O=C(Nc1cccc(C2SCCCS2)c1)[C@H]1CC(=O)N(C2CC2)C1. The number of rotatable bonds is 4. The molecule has 24 heavy (non-hydrogen) atoms. The number of benzene rings is 1. The fourth-order valence-electron chi connectivity index (χ4n) is 3.33. The van der Waals surface area contributed by atoms with E-state index < -0.39 is 0 Å². The molecule has 0 bridgehead atoms. The van der Waals surface area contributed by atoms with Crippen LogP contribution in [0.15, 0.2) is 24.3 Å². The van der Waals surface area contributed by atoms with Gasteiger partial charge in [0.25, 0.3) is 0 Å². The van der Waals surface area contributed by atoms with Gasteiger partial charge in [0.2, 0.25) is 11.8 Å². The highest BCUT2D eigenvalue weighted by molar-refractivity contribution is 8.16. The zero-order valence-corrected chi connectivity index (χ0v) is 15.2. The summed E-state index contributed by atoms with van der Waals surface area (Å²) in [5.74, 6) is 2.32. The van der Waals surface area contributed by atoms with Crippen LogP contribution in [0, 0.1) is 5.92 Å². The van der Waals surface area contributed by atoms with Gasteiger partial charge < -0.3 is 10.2 Å². The maximum Gasteiger partial charge on any atom is 0.229 e. The molecule has 6 heteroatoms. The van der Waals surface area contributed by atoms with E-state index in [1.54, 1.807) is 0 Å². The lowest BCUT2D eigenvalue weighted by atomic mass is 10.1. The highest BCUT2D eigenvalue weighted by Gasteiger charge is 2.41. The average molecular weight is 363 g/mol. The number of hydrogen-bond donors (Lipinski definition) is 1. The molecule has 1 aromatic rings. The molecular weight excluding hydrogens is 340 g/mol. The number of thioether (sulfide) groups is 2. The predicted molar refractivity (Wildman–Crippen MR) is 100 cm³/mol. The van der Waals surface area contributed by atoms with Crippen molar-refractivity contribution in [1.29, 1.82) is 0 Å². The molecule has 128 valence electrons. The Labute approximate surface area is 151 Å². The van der Waals surface area contributed by atoms with Crippen molar-refractivity contribution in [3.8, 4) is 0 Å². The van der Waals surface area contributed by atoms with Crippen LogP contribution >= 0.6 is 23.5 Å². The van der Waals surface area contributed by atoms with Gasteiger partial charge in [0.15, 0.2) is 0 Å². The number of carbonyl (C=O) groups excluding carboxylic acids is 2. The number of amides is 2.